The fraction of sp³-hybridized carbons (Fsp3) is 0.250. The molecule has 112 valence electrons. The molecule has 0 spiro atoms. The summed E-state index contributed by atoms with van der Waals surface area (Å²) in [6.07, 6.45) is -3.44. The average Bonchev–Trinajstić information content (AvgIpc) is 2.81. The number of hydrogen-bond acceptors (Lipinski definition) is 3. The average molecular weight is 302 g/mol. The van der Waals surface area contributed by atoms with Gasteiger partial charge in [0, 0.05) is 12.6 Å². The quantitative estimate of drug-likeness (QED) is 0.881. The van der Waals surface area contributed by atoms with Crippen molar-refractivity contribution in [3.8, 4) is 0 Å². The topological polar surface area (TPSA) is 59.8 Å². The number of hydrogen-bond donors (Lipinski definition) is 1. The van der Waals surface area contributed by atoms with Crippen LogP contribution in [0.4, 0.5) is 17.6 Å². The minimum Gasteiger partial charge on any atom is -0.345 e. The van der Waals surface area contributed by atoms with E-state index >= 15 is 0 Å². The second kappa shape index (κ2) is 5.51. The van der Waals surface area contributed by atoms with Crippen molar-refractivity contribution in [1.82, 2.24) is 20.1 Å². The van der Waals surface area contributed by atoms with E-state index in [1.165, 1.54) is 11.0 Å². The van der Waals surface area contributed by atoms with Gasteiger partial charge in [0.05, 0.1) is 12.1 Å². The Bertz CT molecular complexity index is 666. The van der Waals surface area contributed by atoms with Crippen LogP contribution in [-0.2, 0) is 19.8 Å². The minimum atomic E-state index is -4.86. The lowest BCUT2D eigenvalue weighted by molar-refractivity contribution is -0.140. The van der Waals surface area contributed by atoms with Gasteiger partial charge in [-0.3, -0.25) is 9.48 Å². The molecule has 0 aliphatic rings. The summed E-state index contributed by atoms with van der Waals surface area (Å²) in [5, 5.41) is 6.26. The lowest BCUT2D eigenvalue weighted by atomic mass is 10.1. The fourth-order valence-corrected chi connectivity index (χ4v) is 1.61. The summed E-state index contributed by atoms with van der Waals surface area (Å²) in [6.45, 7) is -0.0433. The predicted molar refractivity (Wildman–Crippen MR) is 63.6 cm³/mol. The van der Waals surface area contributed by atoms with Gasteiger partial charge in [-0.05, 0) is 18.2 Å². The van der Waals surface area contributed by atoms with Gasteiger partial charge in [-0.15, -0.1) is 0 Å². The second-order valence-electron chi connectivity index (χ2n) is 4.21. The van der Waals surface area contributed by atoms with Gasteiger partial charge >= 0.3 is 6.18 Å². The van der Waals surface area contributed by atoms with Crippen molar-refractivity contribution in [1.29, 1.82) is 0 Å². The summed E-state index contributed by atoms with van der Waals surface area (Å²) in [6, 6.07) is 2.05. The number of rotatable bonds is 3. The molecule has 21 heavy (non-hydrogen) atoms. The Kier molecular flexibility index (Phi) is 3.92. The van der Waals surface area contributed by atoms with Crippen molar-refractivity contribution in [2.75, 3.05) is 0 Å². The van der Waals surface area contributed by atoms with E-state index in [1.807, 2.05) is 0 Å². The number of aromatic nitrogens is 3. The van der Waals surface area contributed by atoms with Gasteiger partial charge in [-0.2, -0.15) is 18.3 Å². The first-order valence-electron chi connectivity index (χ1n) is 5.77. The van der Waals surface area contributed by atoms with E-state index in [1.54, 1.807) is 7.05 Å². The van der Waals surface area contributed by atoms with Crippen molar-refractivity contribution >= 4 is 5.91 Å². The first-order valence-corrected chi connectivity index (χ1v) is 5.77. The highest BCUT2D eigenvalue weighted by molar-refractivity contribution is 5.94. The molecule has 1 N–H and O–H groups in total. The highest BCUT2D eigenvalue weighted by Gasteiger charge is 2.34. The number of nitrogens with zero attached hydrogens (tertiary/aromatic N) is 3. The summed E-state index contributed by atoms with van der Waals surface area (Å²) in [5.74, 6) is -1.89. The molecule has 0 aliphatic carbocycles. The Morgan fingerprint density at radius 3 is 2.67 bits per heavy atom. The molecule has 0 radical (unpaired) electrons. The van der Waals surface area contributed by atoms with Crippen molar-refractivity contribution in [2.45, 2.75) is 12.7 Å². The lowest BCUT2D eigenvalue weighted by Gasteiger charge is -2.10. The number of aryl methyl sites for hydroxylation is 1. The Morgan fingerprint density at radius 1 is 1.38 bits per heavy atom. The van der Waals surface area contributed by atoms with Crippen molar-refractivity contribution in [3.05, 3.63) is 47.3 Å². The van der Waals surface area contributed by atoms with Crippen LogP contribution in [0.15, 0.2) is 24.5 Å². The van der Waals surface area contributed by atoms with E-state index < -0.39 is 23.5 Å². The maximum absolute atomic E-state index is 13.1. The summed E-state index contributed by atoms with van der Waals surface area (Å²) < 4.78 is 52.2. The predicted octanol–water partition coefficient (Wildman–Crippen LogP) is 1.90. The molecule has 1 amide bonds. The molecule has 0 saturated carbocycles. The Labute approximate surface area is 116 Å². The van der Waals surface area contributed by atoms with Gasteiger partial charge in [-0.1, -0.05) is 0 Å². The third kappa shape index (κ3) is 3.56. The van der Waals surface area contributed by atoms with E-state index in [0.29, 0.717) is 18.0 Å². The first kappa shape index (κ1) is 14.9. The fourth-order valence-electron chi connectivity index (χ4n) is 1.61. The van der Waals surface area contributed by atoms with Gasteiger partial charge in [-0.25, -0.2) is 9.37 Å². The molecule has 0 fully saturated rings. The van der Waals surface area contributed by atoms with Crippen LogP contribution in [0.2, 0.25) is 0 Å². The molecule has 5 nitrogen and oxygen atoms in total. The summed E-state index contributed by atoms with van der Waals surface area (Å²) in [7, 11) is 1.63. The SMILES string of the molecule is Cn1cnc(CNC(=O)c2ccc(F)c(C(F)(F)F)c2)n1. The van der Waals surface area contributed by atoms with E-state index in [2.05, 4.69) is 15.4 Å². The monoisotopic (exact) mass is 302 g/mol. The molecule has 0 atom stereocenters. The van der Waals surface area contributed by atoms with Crippen LogP contribution in [0.5, 0.6) is 0 Å². The molecule has 0 aliphatic heterocycles. The number of nitrogens with one attached hydrogen (secondary N) is 1. The molecule has 1 aromatic heterocycles. The number of amides is 1. The number of carbonyl (C=O) groups is 1. The molecule has 9 heteroatoms. The van der Waals surface area contributed by atoms with E-state index in [-0.39, 0.29) is 12.1 Å². The van der Waals surface area contributed by atoms with Crippen LogP contribution < -0.4 is 5.32 Å². The van der Waals surface area contributed by atoms with Crippen molar-refractivity contribution in [2.24, 2.45) is 7.05 Å². The molecule has 1 aromatic carbocycles. The largest absolute Gasteiger partial charge is 0.419 e. The Hall–Kier alpha value is -2.45. The molecule has 0 unspecified atom stereocenters. The third-order valence-electron chi connectivity index (χ3n) is 2.59. The minimum absolute atomic E-state index is 0.0433. The maximum atomic E-state index is 13.1. The number of alkyl halides is 3. The van der Waals surface area contributed by atoms with Gasteiger partial charge in [0.15, 0.2) is 5.82 Å². The number of benzene rings is 1. The Morgan fingerprint density at radius 2 is 2.10 bits per heavy atom. The normalized spacial score (nSPS) is 11.5. The Balaban J connectivity index is 2.12. The smallest absolute Gasteiger partial charge is 0.345 e. The molecule has 1 heterocycles. The summed E-state index contributed by atoms with van der Waals surface area (Å²) >= 11 is 0. The zero-order valence-electron chi connectivity index (χ0n) is 10.8. The number of carbonyl (C=O) groups excluding carboxylic acids is 1. The second-order valence-corrected chi connectivity index (χ2v) is 4.21. The highest BCUT2D eigenvalue weighted by atomic mass is 19.4. The number of halogens is 4. The third-order valence-corrected chi connectivity index (χ3v) is 2.59. The van der Waals surface area contributed by atoms with Gasteiger partial charge < -0.3 is 5.32 Å². The zero-order chi connectivity index (χ0) is 15.6. The van der Waals surface area contributed by atoms with Crippen LogP contribution in [0.3, 0.4) is 0 Å². The maximum Gasteiger partial charge on any atom is 0.419 e. The first-order chi connectivity index (χ1) is 9.77. The van der Waals surface area contributed by atoms with Gasteiger partial charge in [0.25, 0.3) is 5.91 Å². The molecule has 0 bridgehead atoms. The van der Waals surface area contributed by atoms with Crippen LogP contribution in [0.25, 0.3) is 0 Å². The van der Waals surface area contributed by atoms with E-state index in [4.69, 9.17) is 0 Å². The highest BCUT2D eigenvalue weighted by Crippen LogP contribution is 2.31. The summed E-state index contributed by atoms with van der Waals surface area (Å²) in [5.41, 5.74) is -1.77. The molecular weight excluding hydrogens is 292 g/mol. The lowest BCUT2D eigenvalue weighted by Crippen LogP contribution is -2.24. The van der Waals surface area contributed by atoms with Gasteiger partial charge in [0.1, 0.15) is 12.1 Å². The van der Waals surface area contributed by atoms with Crippen LogP contribution in [0, 0.1) is 5.82 Å². The van der Waals surface area contributed by atoms with Crippen molar-refractivity contribution in [3.63, 3.8) is 0 Å². The van der Waals surface area contributed by atoms with Gasteiger partial charge in [0.2, 0.25) is 0 Å². The van der Waals surface area contributed by atoms with Crippen LogP contribution >= 0.6 is 0 Å². The standard InChI is InChI=1S/C12H10F4N4O/c1-20-6-18-10(19-20)5-17-11(21)7-2-3-9(13)8(4-7)12(14,15)16/h2-4,6H,5H2,1H3,(H,17,21). The van der Waals surface area contributed by atoms with Crippen molar-refractivity contribution < 1.29 is 22.4 Å². The molecule has 2 aromatic rings. The molecule has 0 saturated heterocycles. The molecular formula is C12H10F4N4O. The van der Waals surface area contributed by atoms with E-state index in [0.717, 1.165) is 6.07 Å². The summed E-state index contributed by atoms with van der Waals surface area (Å²) in [4.78, 5) is 15.6. The molecule has 2 rings (SSSR count). The van der Waals surface area contributed by atoms with E-state index in [9.17, 15) is 22.4 Å². The zero-order valence-corrected chi connectivity index (χ0v) is 10.8. The van der Waals surface area contributed by atoms with Crippen LogP contribution in [0.1, 0.15) is 21.7 Å². The van der Waals surface area contributed by atoms with Crippen LogP contribution in [-0.4, -0.2) is 20.7 Å².